The molecule has 0 aliphatic rings. The van der Waals surface area contributed by atoms with Crippen molar-refractivity contribution in [1.82, 2.24) is 10.3 Å². The van der Waals surface area contributed by atoms with Gasteiger partial charge in [-0.3, -0.25) is 0 Å². The Bertz CT molecular complexity index is 578. The third-order valence-electron chi connectivity index (χ3n) is 2.63. The Kier molecular flexibility index (Phi) is 5.32. The standard InChI is InChI=1S/C15H16ClFN2O/c1-2-8-18-10-11-4-3-5-15(19-11)20-12-6-7-13(16)14(17)9-12/h3-7,9,18H,2,8,10H2,1H3. The minimum absolute atomic E-state index is 0.0721. The predicted octanol–water partition coefficient (Wildman–Crippen LogP) is 4.17. The highest BCUT2D eigenvalue weighted by molar-refractivity contribution is 6.30. The fourth-order valence-electron chi connectivity index (χ4n) is 1.67. The van der Waals surface area contributed by atoms with Gasteiger partial charge in [-0.2, -0.15) is 0 Å². The van der Waals surface area contributed by atoms with Crippen molar-refractivity contribution in [2.45, 2.75) is 19.9 Å². The molecule has 0 atom stereocenters. The second kappa shape index (κ2) is 7.22. The smallest absolute Gasteiger partial charge is 0.219 e. The van der Waals surface area contributed by atoms with Crippen molar-refractivity contribution in [3.63, 3.8) is 0 Å². The van der Waals surface area contributed by atoms with Crippen LogP contribution in [0.2, 0.25) is 5.02 Å². The molecular formula is C15H16ClFN2O. The van der Waals surface area contributed by atoms with E-state index < -0.39 is 5.82 Å². The normalized spacial score (nSPS) is 10.6. The quantitative estimate of drug-likeness (QED) is 0.812. The molecule has 1 N–H and O–H groups in total. The lowest BCUT2D eigenvalue weighted by molar-refractivity contribution is 0.455. The van der Waals surface area contributed by atoms with Gasteiger partial charge in [-0.15, -0.1) is 0 Å². The lowest BCUT2D eigenvalue weighted by Crippen LogP contribution is -2.14. The van der Waals surface area contributed by atoms with Crippen LogP contribution in [0.15, 0.2) is 36.4 Å². The van der Waals surface area contributed by atoms with E-state index in [0.29, 0.717) is 18.2 Å². The van der Waals surface area contributed by atoms with Gasteiger partial charge in [-0.25, -0.2) is 9.37 Å². The van der Waals surface area contributed by atoms with Crippen LogP contribution in [0.5, 0.6) is 11.6 Å². The first-order valence-corrected chi connectivity index (χ1v) is 6.86. The fraction of sp³-hybridized carbons (Fsp3) is 0.267. The molecule has 0 radical (unpaired) electrons. The number of pyridine rings is 1. The van der Waals surface area contributed by atoms with Gasteiger partial charge in [0, 0.05) is 18.7 Å². The van der Waals surface area contributed by atoms with Gasteiger partial charge in [0.2, 0.25) is 5.88 Å². The molecule has 0 spiro atoms. The molecule has 0 aliphatic heterocycles. The van der Waals surface area contributed by atoms with Crippen LogP contribution in [0, 0.1) is 5.82 Å². The van der Waals surface area contributed by atoms with Crippen molar-refractivity contribution < 1.29 is 9.13 Å². The van der Waals surface area contributed by atoms with Gasteiger partial charge in [0.1, 0.15) is 11.6 Å². The van der Waals surface area contributed by atoms with E-state index in [-0.39, 0.29) is 5.02 Å². The highest BCUT2D eigenvalue weighted by atomic mass is 35.5. The number of rotatable bonds is 6. The number of aromatic nitrogens is 1. The average Bonchev–Trinajstić information content (AvgIpc) is 2.44. The first-order chi connectivity index (χ1) is 9.69. The highest BCUT2D eigenvalue weighted by Crippen LogP contribution is 2.24. The summed E-state index contributed by atoms with van der Waals surface area (Å²) in [5.74, 6) is 0.297. The van der Waals surface area contributed by atoms with Crippen LogP contribution in [-0.2, 0) is 6.54 Å². The molecule has 0 aliphatic carbocycles. The summed E-state index contributed by atoms with van der Waals surface area (Å²) in [5, 5.41) is 3.34. The van der Waals surface area contributed by atoms with Crippen LogP contribution in [0.1, 0.15) is 19.0 Å². The number of ether oxygens (including phenoxy) is 1. The lowest BCUT2D eigenvalue weighted by Gasteiger charge is -2.07. The summed E-state index contributed by atoms with van der Waals surface area (Å²) in [5.41, 5.74) is 0.880. The van der Waals surface area contributed by atoms with E-state index in [1.807, 2.05) is 12.1 Å². The van der Waals surface area contributed by atoms with Crippen molar-refractivity contribution in [3.05, 3.63) is 52.9 Å². The summed E-state index contributed by atoms with van der Waals surface area (Å²) in [6, 6.07) is 9.81. The molecule has 0 saturated carbocycles. The molecule has 2 aromatic rings. The molecule has 106 valence electrons. The van der Waals surface area contributed by atoms with E-state index in [1.165, 1.54) is 12.1 Å². The molecule has 0 bridgehead atoms. The predicted molar refractivity (Wildman–Crippen MR) is 77.7 cm³/mol. The van der Waals surface area contributed by atoms with E-state index >= 15 is 0 Å². The van der Waals surface area contributed by atoms with Crippen LogP contribution in [0.25, 0.3) is 0 Å². The third kappa shape index (κ3) is 4.18. The SMILES string of the molecule is CCCNCc1cccc(Oc2ccc(Cl)c(F)c2)n1. The van der Waals surface area contributed by atoms with Gasteiger partial charge in [0.15, 0.2) is 0 Å². The van der Waals surface area contributed by atoms with Crippen LogP contribution >= 0.6 is 11.6 Å². The zero-order chi connectivity index (χ0) is 14.4. The van der Waals surface area contributed by atoms with Crippen molar-refractivity contribution in [2.24, 2.45) is 0 Å². The van der Waals surface area contributed by atoms with Crippen molar-refractivity contribution >= 4 is 11.6 Å². The highest BCUT2D eigenvalue weighted by Gasteiger charge is 2.04. The minimum Gasteiger partial charge on any atom is -0.439 e. The molecule has 2 rings (SSSR count). The summed E-state index contributed by atoms with van der Waals surface area (Å²) >= 11 is 5.63. The summed E-state index contributed by atoms with van der Waals surface area (Å²) in [6.45, 7) is 3.73. The maximum Gasteiger partial charge on any atom is 0.219 e. The van der Waals surface area contributed by atoms with Gasteiger partial charge in [0.05, 0.1) is 10.7 Å². The van der Waals surface area contributed by atoms with Gasteiger partial charge in [-0.05, 0) is 31.2 Å². The maximum atomic E-state index is 13.3. The average molecular weight is 295 g/mol. The maximum absolute atomic E-state index is 13.3. The Morgan fingerprint density at radius 2 is 2.15 bits per heavy atom. The van der Waals surface area contributed by atoms with Crippen molar-refractivity contribution in [3.8, 4) is 11.6 Å². The second-order valence-corrected chi connectivity index (χ2v) is 4.73. The van der Waals surface area contributed by atoms with E-state index in [9.17, 15) is 4.39 Å². The lowest BCUT2D eigenvalue weighted by atomic mass is 10.3. The molecule has 0 saturated heterocycles. The molecule has 1 aromatic heterocycles. The zero-order valence-electron chi connectivity index (χ0n) is 11.2. The zero-order valence-corrected chi connectivity index (χ0v) is 12.0. The third-order valence-corrected chi connectivity index (χ3v) is 2.93. The molecule has 1 heterocycles. The van der Waals surface area contributed by atoms with Gasteiger partial charge in [0.25, 0.3) is 0 Å². The molecule has 1 aromatic carbocycles. The number of benzene rings is 1. The van der Waals surface area contributed by atoms with E-state index in [2.05, 4.69) is 17.2 Å². The van der Waals surface area contributed by atoms with Crippen LogP contribution in [0.3, 0.4) is 0 Å². The molecule has 3 nitrogen and oxygen atoms in total. The van der Waals surface area contributed by atoms with Gasteiger partial charge in [-0.1, -0.05) is 24.6 Å². The Morgan fingerprint density at radius 1 is 1.30 bits per heavy atom. The summed E-state index contributed by atoms with van der Waals surface area (Å²) in [4.78, 5) is 4.35. The number of hydrogen-bond acceptors (Lipinski definition) is 3. The Morgan fingerprint density at radius 3 is 2.90 bits per heavy atom. The molecule has 5 heteroatoms. The molecular weight excluding hydrogens is 279 g/mol. The number of nitrogens with zero attached hydrogens (tertiary/aromatic N) is 1. The number of halogens is 2. The first-order valence-electron chi connectivity index (χ1n) is 6.48. The topological polar surface area (TPSA) is 34.1 Å². The Hall–Kier alpha value is -1.65. The summed E-state index contributed by atoms with van der Waals surface area (Å²) in [6.07, 6.45) is 1.07. The molecule has 0 amide bonds. The van der Waals surface area contributed by atoms with Crippen molar-refractivity contribution in [2.75, 3.05) is 6.54 Å². The van der Waals surface area contributed by atoms with E-state index in [0.717, 1.165) is 18.7 Å². The van der Waals surface area contributed by atoms with Gasteiger partial charge >= 0.3 is 0 Å². The second-order valence-electron chi connectivity index (χ2n) is 4.32. The van der Waals surface area contributed by atoms with Crippen LogP contribution < -0.4 is 10.1 Å². The fourth-order valence-corrected chi connectivity index (χ4v) is 1.78. The van der Waals surface area contributed by atoms with Crippen LogP contribution in [0.4, 0.5) is 4.39 Å². The summed E-state index contributed by atoms with van der Waals surface area (Å²) < 4.78 is 18.8. The Balaban J connectivity index is 2.05. The summed E-state index contributed by atoms with van der Waals surface area (Å²) in [7, 11) is 0. The van der Waals surface area contributed by atoms with Gasteiger partial charge < -0.3 is 10.1 Å². The number of hydrogen-bond donors (Lipinski definition) is 1. The number of nitrogens with one attached hydrogen (secondary N) is 1. The molecule has 0 unspecified atom stereocenters. The Labute approximate surface area is 122 Å². The monoisotopic (exact) mass is 294 g/mol. The van der Waals surface area contributed by atoms with Crippen molar-refractivity contribution in [1.29, 1.82) is 0 Å². The van der Waals surface area contributed by atoms with E-state index in [4.69, 9.17) is 16.3 Å². The minimum atomic E-state index is -0.509. The molecule has 20 heavy (non-hydrogen) atoms. The molecule has 0 fully saturated rings. The largest absolute Gasteiger partial charge is 0.439 e. The van der Waals surface area contributed by atoms with E-state index in [1.54, 1.807) is 12.1 Å². The van der Waals surface area contributed by atoms with Crippen LogP contribution in [-0.4, -0.2) is 11.5 Å². The first kappa shape index (κ1) is 14.8.